The van der Waals surface area contributed by atoms with Gasteiger partial charge in [0.25, 0.3) is 0 Å². The van der Waals surface area contributed by atoms with Crippen LogP contribution in [0.5, 0.6) is 0 Å². The molecule has 0 amide bonds. The predicted molar refractivity (Wildman–Crippen MR) is 85.8 cm³/mol. The molecule has 2 unspecified atom stereocenters. The van der Waals surface area contributed by atoms with E-state index in [4.69, 9.17) is 5.73 Å². The molecule has 0 radical (unpaired) electrons. The van der Waals surface area contributed by atoms with Crippen LogP contribution in [0.2, 0.25) is 0 Å². The Morgan fingerprint density at radius 1 is 1.48 bits per heavy atom. The van der Waals surface area contributed by atoms with E-state index in [1.807, 2.05) is 13.0 Å². The van der Waals surface area contributed by atoms with Crippen molar-refractivity contribution in [2.45, 2.75) is 38.8 Å². The number of nitrogens with two attached hydrogens (primary N) is 1. The molecule has 1 aromatic carbocycles. The zero-order chi connectivity index (χ0) is 15.4. The second-order valence-corrected chi connectivity index (χ2v) is 6.12. The van der Waals surface area contributed by atoms with Gasteiger partial charge in [-0.1, -0.05) is 13.0 Å². The first-order valence-corrected chi connectivity index (χ1v) is 7.97. The van der Waals surface area contributed by atoms with Crippen molar-refractivity contribution in [3.63, 3.8) is 0 Å². The molecule has 3 nitrogen and oxygen atoms in total. The van der Waals surface area contributed by atoms with Gasteiger partial charge in [-0.15, -0.1) is 0 Å². The third-order valence-electron chi connectivity index (χ3n) is 4.76. The Balaban J connectivity index is 2.11. The van der Waals surface area contributed by atoms with Crippen molar-refractivity contribution in [1.29, 1.82) is 0 Å². The van der Waals surface area contributed by atoms with Gasteiger partial charge < -0.3 is 5.73 Å². The Hall–Kier alpha value is -0.970. The fraction of sp³-hybridized carbons (Fsp3) is 0.647. The SMILES string of the molecule is CCN1CCCC1CN(C)C(CN)c1cc(F)ccc1C. The summed E-state index contributed by atoms with van der Waals surface area (Å²) in [6.07, 6.45) is 2.52. The van der Waals surface area contributed by atoms with Gasteiger partial charge in [-0.25, -0.2) is 4.39 Å². The molecule has 1 aliphatic rings. The van der Waals surface area contributed by atoms with Gasteiger partial charge >= 0.3 is 0 Å². The van der Waals surface area contributed by atoms with Gasteiger partial charge in [0.1, 0.15) is 5.82 Å². The second-order valence-electron chi connectivity index (χ2n) is 6.12. The number of likely N-dealkylation sites (tertiary alicyclic amines) is 1. The Labute approximate surface area is 127 Å². The molecule has 0 aliphatic carbocycles. The fourth-order valence-corrected chi connectivity index (χ4v) is 3.49. The Morgan fingerprint density at radius 3 is 2.90 bits per heavy atom. The van der Waals surface area contributed by atoms with E-state index in [0.717, 1.165) is 24.2 Å². The Morgan fingerprint density at radius 2 is 2.24 bits per heavy atom. The van der Waals surface area contributed by atoms with Gasteiger partial charge in [-0.05, 0) is 63.2 Å². The molecular formula is C17H28FN3. The molecule has 1 aliphatic heterocycles. The summed E-state index contributed by atoms with van der Waals surface area (Å²) in [5, 5.41) is 0. The lowest BCUT2D eigenvalue weighted by Gasteiger charge is -2.33. The monoisotopic (exact) mass is 293 g/mol. The minimum absolute atomic E-state index is 0.0833. The van der Waals surface area contributed by atoms with E-state index >= 15 is 0 Å². The number of benzene rings is 1. The van der Waals surface area contributed by atoms with Crippen molar-refractivity contribution in [3.05, 3.63) is 35.1 Å². The van der Waals surface area contributed by atoms with Crippen molar-refractivity contribution < 1.29 is 4.39 Å². The third kappa shape index (κ3) is 3.82. The van der Waals surface area contributed by atoms with Crippen LogP contribution in [0.1, 0.15) is 36.9 Å². The van der Waals surface area contributed by atoms with E-state index < -0.39 is 0 Å². The zero-order valence-electron chi connectivity index (χ0n) is 13.5. The molecule has 4 heteroatoms. The molecule has 0 bridgehead atoms. The van der Waals surface area contributed by atoms with E-state index in [9.17, 15) is 4.39 Å². The number of nitrogens with zero attached hydrogens (tertiary/aromatic N) is 2. The van der Waals surface area contributed by atoms with Gasteiger partial charge in [0.15, 0.2) is 0 Å². The summed E-state index contributed by atoms with van der Waals surface area (Å²) in [5.41, 5.74) is 8.11. The number of halogens is 1. The molecule has 21 heavy (non-hydrogen) atoms. The average molecular weight is 293 g/mol. The third-order valence-corrected chi connectivity index (χ3v) is 4.76. The highest BCUT2D eigenvalue weighted by molar-refractivity contribution is 5.30. The van der Waals surface area contributed by atoms with Crippen molar-refractivity contribution in [2.24, 2.45) is 5.73 Å². The van der Waals surface area contributed by atoms with Gasteiger partial charge in [-0.2, -0.15) is 0 Å². The minimum atomic E-state index is -0.182. The van der Waals surface area contributed by atoms with E-state index in [0.29, 0.717) is 12.6 Å². The van der Waals surface area contributed by atoms with Crippen molar-refractivity contribution in [1.82, 2.24) is 9.80 Å². The van der Waals surface area contributed by atoms with Crippen LogP contribution in [-0.2, 0) is 0 Å². The molecule has 2 rings (SSSR count). The molecule has 2 atom stereocenters. The van der Waals surface area contributed by atoms with Crippen LogP contribution in [0.3, 0.4) is 0 Å². The highest BCUT2D eigenvalue weighted by Gasteiger charge is 2.27. The first-order valence-electron chi connectivity index (χ1n) is 7.97. The van der Waals surface area contributed by atoms with Crippen molar-refractivity contribution >= 4 is 0 Å². The zero-order valence-corrected chi connectivity index (χ0v) is 13.5. The number of hydrogen-bond acceptors (Lipinski definition) is 3. The fourth-order valence-electron chi connectivity index (χ4n) is 3.49. The molecule has 0 saturated carbocycles. The smallest absolute Gasteiger partial charge is 0.123 e. The maximum Gasteiger partial charge on any atom is 0.123 e. The standard InChI is InChI=1S/C17H28FN3/c1-4-21-9-5-6-15(21)12-20(3)17(11-19)16-10-14(18)8-7-13(16)2/h7-8,10,15,17H,4-6,9,11-12,19H2,1-3H3. The lowest BCUT2D eigenvalue weighted by molar-refractivity contribution is 0.165. The second kappa shape index (κ2) is 7.34. The van der Waals surface area contributed by atoms with Gasteiger partial charge in [0.2, 0.25) is 0 Å². The predicted octanol–water partition coefficient (Wildman–Crippen LogP) is 2.55. The van der Waals surface area contributed by atoms with Crippen LogP contribution in [0, 0.1) is 12.7 Å². The van der Waals surface area contributed by atoms with Gasteiger partial charge in [0, 0.05) is 25.2 Å². The molecule has 1 aromatic rings. The van der Waals surface area contributed by atoms with E-state index in [-0.39, 0.29) is 11.9 Å². The molecular weight excluding hydrogens is 265 g/mol. The van der Waals surface area contributed by atoms with Crippen molar-refractivity contribution in [2.75, 3.05) is 33.2 Å². The quantitative estimate of drug-likeness (QED) is 0.875. The van der Waals surface area contributed by atoms with E-state index in [1.54, 1.807) is 6.07 Å². The van der Waals surface area contributed by atoms with Crippen molar-refractivity contribution in [3.8, 4) is 0 Å². The number of likely N-dealkylation sites (N-methyl/N-ethyl adjacent to an activating group) is 2. The molecule has 118 valence electrons. The number of rotatable bonds is 6. The Kier molecular flexibility index (Phi) is 5.73. The van der Waals surface area contributed by atoms with Gasteiger partial charge in [-0.3, -0.25) is 9.80 Å². The highest BCUT2D eigenvalue weighted by Crippen LogP contribution is 2.25. The lowest BCUT2D eigenvalue weighted by Crippen LogP contribution is -2.42. The summed E-state index contributed by atoms with van der Waals surface area (Å²) >= 11 is 0. The summed E-state index contributed by atoms with van der Waals surface area (Å²) in [5.74, 6) is -0.182. The van der Waals surface area contributed by atoms with E-state index in [1.165, 1.54) is 25.5 Å². The number of aryl methyl sites for hydroxylation is 1. The summed E-state index contributed by atoms with van der Waals surface area (Å²) < 4.78 is 13.6. The normalized spacial score (nSPS) is 21.1. The van der Waals surface area contributed by atoms with Crippen LogP contribution < -0.4 is 5.73 Å². The molecule has 1 heterocycles. The molecule has 1 fully saturated rings. The van der Waals surface area contributed by atoms with Gasteiger partial charge in [0.05, 0.1) is 0 Å². The molecule has 0 spiro atoms. The largest absolute Gasteiger partial charge is 0.329 e. The van der Waals surface area contributed by atoms with Crippen LogP contribution in [0.4, 0.5) is 4.39 Å². The topological polar surface area (TPSA) is 32.5 Å². The molecule has 2 N–H and O–H groups in total. The highest BCUT2D eigenvalue weighted by atomic mass is 19.1. The number of hydrogen-bond donors (Lipinski definition) is 1. The Bertz CT molecular complexity index is 463. The molecule has 1 saturated heterocycles. The maximum atomic E-state index is 13.6. The lowest BCUT2D eigenvalue weighted by atomic mass is 9.99. The summed E-state index contributed by atoms with van der Waals surface area (Å²) in [6.45, 7) is 8.05. The summed E-state index contributed by atoms with van der Waals surface area (Å²) in [7, 11) is 2.11. The maximum absolute atomic E-state index is 13.6. The first-order chi connectivity index (χ1) is 10.1. The van der Waals surface area contributed by atoms with Crippen LogP contribution in [0.15, 0.2) is 18.2 Å². The van der Waals surface area contributed by atoms with E-state index in [2.05, 4.69) is 23.8 Å². The summed E-state index contributed by atoms with van der Waals surface area (Å²) in [6, 6.07) is 5.68. The first kappa shape index (κ1) is 16.4. The van der Waals surface area contributed by atoms with Crippen LogP contribution >= 0.6 is 0 Å². The minimum Gasteiger partial charge on any atom is -0.329 e. The average Bonchev–Trinajstić information content (AvgIpc) is 2.90. The van der Waals surface area contributed by atoms with Crippen LogP contribution in [0.25, 0.3) is 0 Å². The summed E-state index contributed by atoms with van der Waals surface area (Å²) in [4.78, 5) is 4.82. The van der Waals surface area contributed by atoms with Crippen LogP contribution in [-0.4, -0.2) is 49.1 Å². The molecule has 0 aromatic heterocycles.